The van der Waals surface area contributed by atoms with Crippen LogP contribution in [0.5, 0.6) is 0 Å². The second-order valence-electron chi connectivity index (χ2n) is 17.7. The average Bonchev–Trinajstić information content (AvgIpc) is 3.67. The molecule has 0 atom stereocenters. The summed E-state index contributed by atoms with van der Waals surface area (Å²) in [5, 5.41) is 0. The predicted octanol–water partition coefficient (Wildman–Crippen LogP) is 15.5. The molecule has 64 heavy (non-hydrogen) atoms. The lowest BCUT2D eigenvalue weighted by molar-refractivity contribution is 0.563. The van der Waals surface area contributed by atoms with Crippen LogP contribution in [0.4, 0.5) is 0 Å². The number of benzene rings is 9. The first-order chi connectivity index (χ1) is 31.5. The number of hydrogen-bond acceptors (Lipinski definition) is 2. The van der Waals surface area contributed by atoms with E-state index in [1.54, 1.807) is 0 Å². The summed E-state index contributed by atoms with van der Waals surface area (Å²) in [7, 11) is 0. The molecule has 0 fully saturated rings. The zero-order chi connectivity index (χ0) is 42.8. The van der Waals surface area contributed by atoms with Crippen LogP contribution < -0.4 is 0 Å². The van der Waals surface area contributed by atoms with Gasteiger partial charge in [-0.15, -0.1) is 0 Å². The lowest BCUT2D eigenvalue weighted by Crippen LogP contribution is -2.40. The van der Waals surface area contributed by atoms with Gasteiger partial charge in [0.15, 0.2) is 5.82 Å². The monoisotopic (exact) mass is 816 g/mol. The van der Waals surface area contributed by atoms with Crippen LogP contribution in [-0.2, 0) is 10.8 Å². The first-order valence-corrected chi connectivity index (χ1v) is 22.2. The van der Waals surface area contributed by atoms with Crippen LogP contribution in [0.2, 0.25) is 0 Å². The summed E-state index contributed by atoms with van der Waals surface area (Å²) >= 11 is 0. The van der Waals surface area contributed by atoms with Crippen molar-refractivity contribution in [3.63, 3.8) is 0 Å². The highest BCUT2D eigenvalue weighted by Crippen LogP contribution is 2.63. The van der Waals surface area contributed by atoms with Gasteiger partial charge in [-0.05, 0) is 96.1 Å². The molecule has 0 N–H and O–H groups in total. The van der Waals surface area contributed by atoms with Gasteiger partial charge in [0.1, 0.15) is 0 Å². The van der Waals surface area contributed by atoms with E-state index < -0.39 is 5.41 Å². The van der Waals surface area contributed by atoms with Crippen LogP contribution in [0, 0.1) is 0 Å². The predicted molar refractivity (Wildman–Crippen MR) is 264 cm³/mol. The van der Waals surface area contributed by atoms with Crippen molar-refractivity contribution in [2.45, 2.75) is 24.7 Å². The fourth-order valence-corrected chi connectivity index (χ4v) is 10.8. The van der Waals surface area contributed by atoms with Gasteiger partial charge in [0.05, 0.1) is 16.8 Å². The maximum atomic E-state index is 5.43. The Morgan fingerprint density at radius 3 is 1.23 bits per heavy atom. The third-order valence-electron chi connectivity index (χ3n) is 13.8. The van der Waals surface area contributed by atoms with Crippen molar-refractivity contribution in [1.82, 2.24) is 9.97 Å². The lowest BCUT2D eigenvalue weighted by Gasteiger charge is -2.46. The third kappa shape index (κ3) is 5.87. The standard InChI is InChI=1S/C62H44N2/c1-61(2)52-27-12-14-29-54(52)62(55-30-15-13-28-53(55)61)51-37-36-48(43-34-32-42(33-35-43)47-25-16-24-46(38-47)41-18-6-3-7-19-41)39-50(51)59-49(26-17-31-56(59)62)60-63-57(44-20-8-4-9-21-44)40-58(64-60)45-22-10-5-11-23-45/h3-40H,1-2H3. The van der Waals surface area contributed by atoms with E-state index in [0.717, 1.165) is 28.1 Å². The van der Waals surface area contributed by atoms with Crippen LogP contribution >= 0.6 is 0 Å². The molecule has 0 amide bonds. The first-order valence-electron chi connectivity index (χ1n) is 22.2. The van der Waals surface area contributed by atoms with Crippen molar-refractivity contribution < 1.29 is 0 Å². The van der Waals surface area contributed by atoms with Gasteiger partial charge in [0, 0.05) is 22.1 Å². The maximum Gasteiger partial charge on any atom is 0.161 e. The van der Waals surface area contributed by atoms with Crippen molar-refractivity contribution in [1.29, 1.82) is 0 Å². The second kappa shape index (κ2) is 14.9. The molecule has 0 saturated heterocycles. The molecule has 2 aliphatic carbocycles. The second-order valence-corrected chi connectivity index (χ2v) is 17.7. The topological polar surface area (TPSA) is 25.8 Å². The number of nitrogens with zero attached hydrogens (tertiary/aromatic N) is 2. The molecule has 1 aromatic heterocycles. The summed E-state index contributed by atoms with van der Waals surface area (Å²) in [5.41, 5.74) is 21.6. The number of fused-ring (bicyclic) bond motifs is 9. The Hall–Kier alpha value is -7.94. The Balaban J connectivity index is 1.09. The van der Waals surface area contributed by atoms with Gasteiger partial charge in [-0.25, -0.2) is 9.97 Å². The highest BCUT2D eigenvalue weighted by molar-refractivity contribution is 5.97. The summed E-state index contributed by atoms with van der Waals surface area (Å²) in [6.45, 7) is 4.76. The Morgan fingerprint density at radius 2 is 0.688 bits per heavy atom. The molecule has 0 bridgehead atoms. The van der Waals surface area contributed by atoms with E-state index in [-0.39, 0.29) is 5.41 Å². The third-order valence-corrected chi connectivity index (χ3v) is 13.8. The number of aromatic nitrogens is 2. The van der Waals surface area contributed by atoms with Gasteiger partial charge >= 0.3 is 0 Å². The smallest absolute Gasteiger partial charge is 0.161 e. The van der Waals surface area contributed by atoms with Crippen molar-refractivity contribution in [2.75, 3.05) is 0 Å². The molecule has 10 aromatic rings. The first kappa shape index (κ1) is 37.8. The van der Waals surface area contributed by atoms with E-state index >= 15 is 0 Å². The summed E-state index contributed by atoms with van der Waals surface area (Å²) in [6.07, 6.45) is 0. The van der Waals surface area contributed by atoms with Crippen LogP contribution in [0.15, 0.2) is 231 Å². The minimum atomic E-state index is -0.561. The van der Waals surface area contributed by atoms with E-state index in [1.165, 1.54) is 77.9 Å². The molecule has 1 spiro atoms. The normalized spacial score (nSPS) is 13.7. The molecule has 2 nitrogen and oxygen atoms in total. The van der Waals surface area contributed by atoms with Gasteiger partial charge in [0.2, 0.25) is 0 Å². The van der Waals surface area contributed by atoms with Gasteiger partial charge < -0.3 is 0 Å². The average molecular weight is 817 g/mol. The molecule has 9 aromatic carbocycles. The molecule has 0 unspecified atom stereocenters. The van der Waals surface area contributed by atoms with Gasteiger partial charge in [0.25, 0.3) is 0 Å². The van der Waals surface area contributed by atoms with E-state index in [9.17, 15) is 0 Å². The number of hydrogen-bond donors (Lipinski definition) is 0. The zero-order valence-electron chi connectivity index (χ0n) is 35.8. The van der Waals surface area contributed by atoms with Crippen molar-refractivity contribution in [3.8, 4) is 78.4 Å². The fourth-order valence-electron chi connectivity index (χ4n) is 10.8. The van der Waals surface area contributed by atoms with Gasteiger partial charge in [-0.2, -0.15) is 0 Å². The highest BCUT2D eigenvalue weighted by Gasteiger charge is 2.53. The minimum absolute atomic E-state index is 0.195. The van der Waals surface area contributed by atoms with Gasteiger partial charge in [-0.3, -0.25) is 0 Å². The molecule has 2 aliphatic rings. The summed E-state index contributed by atoms with van der Waals surface area (Å²) in [5.74, 6) is 0.713. The minimum Gasteiger partial charge on any atom is -0.228 e. The van der Waals surface area contributed by atoms with E-state index in [0.29, 0.717) is 5.82 Å². The molecular weight excluding hydrogens is 773 g/mol. The Kier molecular flexibility index (Phi) is 8.77. The summed E-state index contributed by atoms with van der Waals surface area (Å²) < 4.78 is 0. The molecule has 12 rings (SSSR count). The Labute approximate surface area is 375 Å². The molecule has 302 valence electrons. The van der Waals surface area contributed by atoms with E-state index in [1.807, 2.05) is 0 Å². The quantitative estimate of drug-likeness (QED) is 0.167. The summed E-state index contributed by atoms with van der Waals surface area (Å²) in [6, 6.07) is 83.9. The highest BCUT2D eigenvalue weighted by atomic mass is 14.9. The Bertz CT molecular complexity index is 3280. The summed E-state index contributed by atoms with van der Waals surface area (Å²) in [4.78, 5) is 10.9. The lowest BCUT2D eigenvalue weighted by atomic mass is 9.55. The molecular formula is C62H44N2. The van der Waals surface area contributed by atoms with Gasteiger partial charge in [-0.1, -0.05) is 226 Å². The molecule has 1 heterocycles. The zero-order valence-corrected chi connectivity index (χ0v) is 35.8. The van der Waals surface area contributed by atoms with Crippen LogP contribution in [0.3, 0.4) is 0 Å². The van der Waals surface area contributed by atoms with E-state index in [4.69, 9.17) is 9.97 Å². The molecule has 0 radical (unpaired) electrons. The molecule has 0 saturated carbocycles. The fraction of sp³-hybridized carbons (Fsp3) is 0.0645. The van der Waals surface area contributed by atoms with Crippen LogP contribution in [0.25, 0.3) is 78.4 Å². The van der Waals surface area contributed by atoms with Crippen molar-refractivity contribution in [2.24, 2.45) is 0 Å². The Morgan fingerprint density at radius 1 is 0.281 bits per heavy atom. The van der Waals surface area contributed by atoms with Crippen molar-refractivity contribution >= 4 is 0 Å². The number of rotatable bonds is 6. The molecule has 0 aliphatic heterocycles. The van der Waals surface area contributed by atoms with E-state index in [2.05, 4.69) is 244 Å². The van der Waals surface area contributed by atoms with Crippen molar-refractivity contribution in [3.05, 3.63) is 264 Å². The largest absolute Gasteiger partial charge is 0.228 e. The van der Waals surface area contributed by atoms with Crippen LogP contribution in [-0.4, -0.2) is 9.97 Å². The SMILES string of the molecule is CC1(C)c2ccccc2C2(c3ccc(-c4ccc(-c5cccc(-c6ccccc6)c5)cc4)cc3-c3c(-c4nc(-c5ccccc5)cc(-c5ccccc5)n4)cccc32)c2ccccc21. The van der Waals surface area contributed by atoms with Crippen LogP contribution in [0.1, 0.15) is 47.2 Å². The molecule has 2 heteroatoms. The maximum absolute atomic E-state index is 5.43.